The number of hydrogen-bond donors (Lipinski definition) is 1. The lowest BCUT2D eigenvalue weighted by Crippen LogP contribution is -2.01. The Morgan fingerprint density at radius 1 is 1.11 bits per heavy atom. The Labute approximate surface area is 120 Å². The molecule has 0 aliphatic carbocycles. The smallest absolute Gasteiger partial charge is 0.0987 e. The Balaban J connectivity index is 0.000000415. The van der Waals surface area contributed by atoms with E-state index in [1.165, 1.54) is 20.7 Å². The van der Waals surface area contributed by atoms with Gasteiger partial charge in [-0.25, -0.2) is 0 Å². The molecule has 0 saturated carbocycles. The maximum Gasteiger partial charge on any atom is 0.0987 e. The average molecular weight is 276 g/mol. The number of benzene rings is 1. The first kappa shape index (κ1) is 15.7. The molecule has 0 spiro atoms. The molecule has 1 aromatic heterocycles. The molecule has 2 nitrogen and oxygen atoms in total. The van der Waals surface area contributed by atoms with Gasteiger partial charge in [0.05, 0.1) is 11.5 Å². The van der Waals surface area contributed by atoms with Crippen LogP contribution in [0.25, 0.3) is 10.1 Å². The number of anilines is 1. The zero-order valence-electron chi connectivity index (χ0n) is 12.6. The minimum atomic E-state index is 0.877. The van der Waals surface area contributed by atoms with Crippen LogP contribution in [-0.4, -0.2) is 18.8 Å². The first-order chi connectivity index (χ1) is 9.36. The van der Waals surface area contributed by atoms with Crippen molar-refractivity contribution in [2.75, 3.05) is 18.4 Å². The van der Waals surface area contributed by atoms with Crippen LogP contribution in [-0.2, 0) is 0 Å². The van der Waals surface area contributed by atoms with E-state index in [0.29, 0.717) is 0 Å². The molecule has 1 aliphatic rings. The van der Waals surface area contributed by atoms with Gasteiger partial charge in [-0.2, -0.15) is 0 Å². The summed E-state index contributed by atoms with van der Waals surface area (Å²) in [6, 6.07) is 8.53. The lowest BCUT2D eigenvalue weighted by Gasteiger charge is -2.00. The quantitative estimate of drug-likeness (QED) is 0.703. The van der Waals surface area contributed by atoms with E-state index in [0.717, 1.165) is 18.8 Å². The molecule has 1 aromatic carbocycles. The Kier molecular flexibility index (Phi) is 6.57. The van der Waals surface area contributed by atoms with Crippen molar-refractivity contribution in [3.05, 3.63) is 29.8 Å². The summed E-state index contributed by atoms with van der Waals surface area (Å²) in [7, 11) is 0. The zero-order valence-corrected chi connectivity index (χ0v) is 13.4. The normalized spacial score (nSPS) is 12.8. The monoisotopic (exact) mass is 276 g/mol. The lowest BCUT2D eigenvalue weighted by molar-refractivity contribution is 1.04. The summed E-state index contributed by atoms with van der Waals surface area (Å²) < 4.78 is 1.34. The molecule has 19 heavy (non-hydrogen) atoms. The van der Waals surface area contributed by atoms with E-state index in [-0.39, 0.29) is 0 Å². The van der Waals surface area contributed by atoms with Crippen molar-refractivity contribution in [1.82, 2.24) is 0 Å². The third-order valence-corrected chi connectivity index (χ3v) is 3.83. The molecule has 1 N–H and O–H groups in total. The summed E-state index contributed by atoms with van der Waals surface area (Å²) in [5, 5.41) is 6.05. The molecular formula is C16H24N2S. The number of aliphatic imine (C=N–C) groups is 1. The fraction of sp³-hybridized carbons (Fsp3) is 0.438. The Hall–Kier alpha value is -1.35. The van der Waals surface area contributed by atoms with Gasteiger partial charge in [-0.05, 0) is 13.0 Å². The van der Waals surface area contributed by atoms with Gasteiger partial charge in [0.1, 0.15) is 0 Å². The standard InChI is InChI=1S/C12H12N2S.2C2H6/c1-8-11-9-4-2-3-5-10(9)15-12(11)14-7-6-13-8;2*1-2/h2-5,14H,6-7H2,1H3;2*1-2H3. The summed E-state index contributed by atoms with van der Waals surface area (Å²) in [5.74, 6) is 0. The van der Waals surface area contributed by atoms with Crippen LogP contribution < -0.4 is 5.32 Å². The zero-order chi connectivity index (χ0) is 14.3. The van der Waals surface area contributed by atoms with Crippen LogP contribution in [0.1, 0.15) is 40.2 Å². The maximum absolute atomic E-state index is 4.55. The van der Waals surface area contributed by atoms with Gasteiger partial charge in [0.2, 0.25) is 0 Å². The molecule has 0 radical (unpaired) electrons. The van der Waals surface area contributed by atoms with Crippen molar-refractivity contribution in [3.63, 3.8) is 0 Å². The van der Waals surface area contributed by atoms with E-state index in [4.69, 9.17) is 0 Å². The van der Waals surface area contributed by atoms with Gasteiger partial charge >= 0.3 is 0 Å². The van der Waals surface area contributed by atoms with Gasteiger partial charge in [0, 0.05) is 27.9 Å². The van der Waals surface area contributed by atoms with Crippen LogP contribution in [0, 0.1) is 0 Å². The molecule has 3 rings (SSSR count). The van der Waals surface area contributed by atoms with E-state index in [2.05, 4.69) is 41.5 Å². The molecular weight excluding hydrogens is 252 g/mol. The molecule has 2 heterocycles. The summed E-state index contributed by atoms with van der Waals surface area (Å²) in [6.45, 7) is 11.9. The Morgan fingerprint density at radius 3 is 2.53 bits per heavy atom. The molecule has 2 aromatic rings. The highest BCUT2D eigenvalue weighted by molar-refractivity contribution is 7.23. The first-order valence-corrected chi connectivity index (χ1v) is 7.95. The summed E-state index contributed by atoms with van der Waals surface area (Å²) in [5.41, 5.74) is 2.46. The molecule has 0 atom stereocenters. The van der Waals surface area contributed by atoms with Gasteiger partial charge in [0.15, 0.2) is 0 Å². The predicted octanol–water partition coefficient (Wildman–Crippen LogP) is 5.19. The highest BCUT2D eigenvalue weighted by Crippen LogP contribution is 2.36. The minimum absolute atomic E-state index is 0.877. The number of thiophene rings is 1. The maximum atomic E-state index is 4.55. The van der Waals surface area contributed by atoms with E-state index in [1.807, 2.05) is 39.0 Å². The summed E-state index contributed by atoms with van der Waals surface area (Å²) in [4.78, 5) is 4.55. The summed E-state index contributed by atoms with van der Waals surface area (Å²) >= 11 is 1.82. The van der Waals surface area contributed by atoms with Crippen molar-refractivity contribution in [1.29, 1.82) is 0 Å². The molecule has 1 aliphatic heterocycles. The van der Waals surface area contributed by atoms with Crippen molar-refractivity contribution in [2.45, 2.75) is 34.6 Å². The number of nitrogens with zero attached hydrogens (tertiary/aromatic N) is 1. The first-order valence-electron chi connectivity index (χ1n) is 7.13. The van der Waals surface area contributed by atoms with Gasteiger partial charge in [-0.1, -0.05) is 45.9 Å². The topological polar surface area (TPSA) is 24.4 Å². The van der Waals surface area contributed by atoms with Crippen molar-refractivity contribution >= 4 is 32.1 Å². The third-order valence-electron chi connectivity index (χ3n) is 2.70. The third kappa shape index (κ3) is 3.35. The average Bonchev–Trinajstić information content (AvgIpc) is 2.76. The van der Waals surface area contributed by atoms with Gasteiger partial charge in [-0.15, -0.1) is 11.3 Å². The number of nitrogens with one attached hydrogen (secondary N) is 1. The minimum Gasteiger partial charge on any atom is -0.374 e. The predicted molar refractivity (Wildman–Crippen MR) is 90.1 cm³/mol. The van der Waals surface area contributed by atoms with E-state index in [1.54, 1.807) is 0 Å². The van der Waals surface area contributed by atoms with Crippen LogP contribution >= 0.6 is 11.3 Å². The summed E-state index contributed by atoms with van der Waals surface area (Å²) in [6.07, 6.45) is 0. The highest BCUT2D eigenvalue weighted by Gasteiger charge is 2.15. The molecule has 0 unspecified atom stereocenters. The van der Waals surface area contributed by atoms with E-state index in [9.17, 15) is 0 Å². The Bertz CT molecular complexity index is 541. The van der Waals surface area contributed by atoms with E-state index >= 15 is 0 Å². The number of hydrogen-bond acceptors (Lipinski definition) is 3. The SMILES string of the molecule is CC.CC.CC1=NCCNc2sc3ccccc3c21. The van der Waals surface area contributed by atoms with Gasteiger partial charge in [0.25, 0.3) is 0 Å². The van der Waals surface area contributed by atoms with E-state index < -0.39 is 0 Å². The molecule has 0 bridgehead atoms. The van der Waals surface area contributed by atoms with Crippen LogP contribution in [0.15, 0.2) is 29.3 Å². The van der Waals surface area contributed by atoms with Crippen LogP contribution in [0.5, 0.6) is 0 Å². The van der Waals surface area contributed by atoms with Crippen LogP contribution in [0.2, 0.25) is 0 Å². The molecule has 104 valence electrons. The van der Waals surface area contributed by atoms with Gasteiger partial charge in [-0.3, -0.25) is 4.99 Å². The van der Waals surface area contributed by atoms with Crippen molar-refractivity contribution < 1.29 is 0 Å². The second-order valence-electron chi connectivity index (χ2n) is 3.70. The largest absolute Gasteiger partial charge is 0.374 e. The van der Waals surface area contributed by atoms with Gasteiger partial charge < -0.3 is 5.32 Å². The molecule has 0 saturated heterocycles. The molecule has 0 amide bonds. The fourth-order valence-corrected chi connectivity index (χ4v) is 3.18. The second kappa shape index (κ2) is 7.95. The van der Waals surface area contributed by atoms with Crippen molar-refractivity contribution in [3.8, 4) is 0 Å². The number of rotatable bonds is 0. The number of fused-ring (bicyclic) bond motifs is 3. The van der Waals surface area contributed by atoms with Crippen LogP contribution in [0.3, 0.4) is 0 Å². The Morgan fingerprint density at radius 2 is 1.79 bits per heavy atom. The van der Waals surface area contributed by atoms with Crippen molar-refractivity contribution in [2.24, 2.45) is 4.99 Å². The molecule has 3 heteroatoms. The lowest BCUT2D eigenvalue weighted by atomic mass is 10.1. The van der Waals surface area contributed by atoms with Crippen LogP contribution in [0.4, 0.5) is 5.00 Å². The highest BCUT2D eigenvalue weighted by atomic mass is 32.1. The fourth-order valence-electron chi connectivity index (χ4n) is 2.00. The second-order valence-corrected chi connectivity index (χ2v) is 4.75. The molecule has 0 fully saturated rings.